The third kappa shape index (κ3) is 4.28. The van der Waals surface area contributed by atoms with Gasteiger partial charge in [-0.3, -0.25) is 10.0 Å². The first-order valence-electron chi connectivity index (χ1n) is 9.66. The van der Waals surface area contributed by atoms with Crippen molar-refractivity contribution in [2.75, 3.05) is 25.6 Å². The maximum atomic E-state index is 12.0. The van der Waals surface area contributed by atoms with Crippen molar-refractivity contribution in [1.82, 2.24) is 5.48 Å². The first kappa shape index (κ1) is 20.1. The van der Waals surface area contributed by atoms with Crippen LogP contribution in [0.3, 0.4) is 0 Å². The van der Waals surface area contributed by atoms with Crippen molar-refractivity contribution in [3.8, 4) is 5.75 Å². The summed E-state index contributed by atoms with van der Waals surface area (Å²) in [6, 6.07) is 7.91. The number of anilines is 1. The van der Waals surface area contributed by atoms with E-state index in [2.05, 4.69) is 4.90 Å². The number of nitrogens with zero attached hydrogens (tertiary/aromatic N) is 1. The molecule has 2 N–H and O–H groups in total. The lowest BCUT2D eigenvalue weighted by Gasteiger charge is -2.41. The van der Waals surface area contributed by atoms with E-state index in [1.165, 1.54) is 0 Å². The lowest BCUT2D eigenvalue weighted by atomic mass is 9.63. The number of hydroxylamine groups is 1. The number of aldehydes is 1. The SMILES string of the molecule is COc1cccc(N(C)CC[C@@]2(C=O)CCC3C=C(C(=O)NO)C=CC3C2)c1. The number of rotatable bonds is 7. The fraction of sp³-hybridized carbons (Fsp3) is 0.455. The molecule has 1 aromatic rings. The first-order chi connectivity index (χ1) is 13.5. The van der Waals surface area contributed by atoms with Crippen LogP contribution < -0.4 is 15.1 Å². The lowest BCUT2D eigenvalue weighted by molar-refractivity contribution is -0.125. The number of hydrogen-bond donors (Lipinski definition) is 2. The Kier molecular flexibility index (Phi) is 6.19. The van der Waals surface area contributed by atoms with Crippen molar-refractivity contribution in [3.63, 3.8) is 0 Å². The molecular weight excluding hydrogens is 356 g/mol. The predicted molar refractivity (Wildman–Crippen MR) is 107 cm³/mol. The molecule has 0 aliphatic heterocycles. The van der Waals surface area contributed by atoms with E-state index in [4.69, 9.17) is 9.94 Å². The molecule has 6 nitrogen and oxygen atoms in total. The summed E-state index contributed by atoms with van der Waals surface area (Å²) in [4.78, 5) is 25.8. The van der Waals surface area contributed by atoms with Crippen LogP contribution in [0.4, 0.5) is 5.69 Å². The molecule has 0 spiro atoms. The molecule has 0 radical (unpaired) electrons. The zero-order valence-corrected chi connectivity index (χ0v) is 16.4. The minimum Gasteiger partial charge on any atom is -0.497 e. The van der Waals surface area contributed by atoms with Crippen molar-refractivity contribution >= 4 is 17.9 Å². The number of methoxy groups -OCH3 is 1. The van der Waals surface area contributed by atoms with E-state index in [9.17, 15) is 9.59 Å². The molecule has 0 bridgehead atoms. The largest absolute Gasteiger partial charge is 0.497 e. The molecule has 28 heavy (non-hydrogen) atoms. The highest BCUT2D eigenvalue weighted by atomic mass is 16.5. The van der Waals surface area contributed by atoms with E-state index in [-0.39, 0.29) is 17.3 Å². The molecule has 3 atom stereocenters. The highest BCUT2D eigenvalue weighted by Crippen LogP contribution is 2.46. The van der Waals surface area contributed by atoms with Gasteiger partial charge in [-0.05, 0) is 49.7 Å². The molecule has 0 heterocycles. The molecule has 6 heteroatoms. The minimum absolute atomic E-state index is 0.237. The molecule has 0 saturated heterocycles. The molecular formula is C22H28N2O4. The molecule has 150 valence electrons. The van der Waals surface area contributed by atoms with Crippen LogP contribution >= 0.6 is 0 Å². The number of benzene rings is 1. The third-order valence-electron chi connectivity index (χ3n) is 6.14. The topological polar surface area (TPSA) is 78.9 Å². The summed E-state index contributed by atoms with van der Waals surface area (Å²) in [6.07, 6.45) is 10.1. The molecule has 1 aromatic carbocycles. The summed E-state index contributed by atoms with van der Waals surface area (Å²) in [5, 5.41) is 8.82. The van der Waals surface area contributed by atoms with Crippen LogP contribution in [0.5, 0.6) is 5.75 Å². The Balaban J connectivity index is 1.64. The summed E-state index contributed by atoms with van der Waals surface area (Å²) in [6.45, 7) is 0.779. The normalized spacial score (nSPS) is 26.0. The van der Waals surface area contributed by atoms with Gasteiger partial charge in [-0.25, -0.2) is 5.48 Å². The molecule has 1 amide bonds. The molecule has 2 unspecified atom stereocenters. The van der Waals surface area contributed by atoms with E-state index in [1.54, 1.807) is 18.7 Å². The summed E-state index contributed by atoms with van der Waals surface area (Å²) in [7, 11) is 3.68. The molecule has 2 aliphatic rings. The van der Waals surface area contributed by atoms with Crippen LogP contribution in [0.25, 0.3) is 0 Å². The van der Waals surface area contributed by atoms with Crippen LogP contribution in [0.1, 0.15) is 25.7 Å². The summed E-state index contributed by atoms with van der Waals surface area (Å²) >= 11 is 0. The standard InChI is InChI=1S/C22H28N2O4/c1-24(19-4-3-5-20(13-19)28-2)11-10-22(15-25)9-8-16-12-17(21(26)23-27)6-7-18(16)14-22/h3-7,12-13,15-16,18,27H,8-11,14H2,1-2H3,(H,23,26)/t16?,18?,22-/m0/s1. The first-order valence-corrected chi connectivity index (χ1v) is 9.66. The van der Waals surface area contributed by atoms with Crippen molar-refractivity contribution < 1.29 is 19.5 Å². The second-order valence-corrected chi connectivity index (χ2v) is 7.85. The number of fused-ring (bicyclic) bond motifs is 1. The summed E-state index contributed by atoms with van der Waals surface area (Å²) < 4.78 is 5.29. The molecule has 1 saturated carbocycles. The van der Waals surface area contributed by atoms with Crippen molar-refractivity contribution in [2.45, 2.75) is 25.7 Å². The predicted octanol–water partition coefficient (Wildman–Crippen LogP) is 3.12. The Labute approximate surface area is 165 Å². The van der Waals surface area contributed by atoms with Crippen molar-refractivity contribution in [1.29, 1.82) is 0 Å². The number of carbonyl (C=O) groups is 2. The van der Waals surface area contributed by atoms with Gasteiger partial charge in [0.1, 0.15) is 12.0 Å². The molecule has 3 rings (SSSR count). The lowest BCUT2D eigenvalue weighted by Crippen LogP contribution is -2.38. The maximum absolute atomic E-state index is 12.0. The van der Waals surface area contributed by atoms with Gasteiger partial charge in [0.05, 0.1) is 7.11 Å². The van der Waals surface area contributed by atoms with Crippen LogP contribution in [0.2, 0.25) is 0 Å². The Morgan fingerprint density at radius 1 is 1.43 bits per heavy atom. The van der Waals surface area contributed by atoms with Gasteiger partial charge in [-0.1, -0.05) is 24.3 Å². The fourth-order valence-corrected chi connectivity index (χ4v) is 4.30. The Morgan fingerprint density at radius 3 is 2.96 bits per heavy atom. The monoisotopic (exact) mass is 384 g/mol. The Bertz CT molecular complexity index is 788. The second kappa shape index (κ2) is 8.61. The average Bonchev–Trinajstić information content (AvgIpc) is 2.76. The van der Waals surface area contributed by atoms with Gasteiger partial charge in [0.25, 0.3) is 5.91 Å². The fourth-order valence-electron chi connectivity index (χ4n) is 4.30. The van der Waals surface area contributed by atoms with E-state index >= 15 is 0 Å². The second-order valence-electron chi connectivity index (χ2n) is 7.85. The van der Waals surface area contributed by atoms with E-state index in [0.717, 1.165) is 50.0 Å². The number of amides is 1. The van der Waals surface area contributed by atoms with Gasteiger partial charge in [0.2, 0.25) is 0 Å². The molecule has 2 aliphatic carbocycles. The minimum atomic E-state index is -0.484. The van der Waals surface area contributed by atoms with E-state index in [0.29, 0.717) is 5.57 Å². The Hall–Kier alpha value is -2.60. The van der Waals surface area contributed by atoms with Gasteiger partial charge < -0.3 is 14.4 Å². The van der Waals surface area contributed by atoms with E-state index < -0.39 is 5.91 Å². The van der Waals surface area contributed by atoms with Crippen LogP contribution in [0, 0.1) is 17.3 Å². The Morgan fingerprint density at radius 2 is 2.25 bits per heavy atom. The van der Waals surface area contributed by atoms with Crippen LogP contribution in [-0.2, 0) is 9.59 Å². The van der Waals surface area contributed by atoms with Crippen molar-refractivity contribution in [2.24, 2.45) is 17.3 Å². The van der Waals surface area contributed by atoms with Gasteiger partial charge in [0.15, 0.2) is 0 Å². The highest BCUT2D eigenvalue weighted by Gasteiger charge is 2.40. The van der Waals surface area contributed by atoms with Gasteiger partial charge in [0, 0.05) is 36.3 Å². The van der Waals surface area contributed by atoms with Gasteiger partial charge in [-0.2, -0.15) is 0 Å². The maximum Gasteiger partial charge on any atom is 0.274 e. The van der Waals surface area contributed by atoms with Crippen molar-refractivity contribution in [3.05, 3.63) is 48.1 Å². The zero-order valence-electron chi connectivity index (χ0n) is 16.4. The smallest absolute Gasteiger partial charge is 0.274 e. The van der Waals surface area contributed by atoms with Crippen LogP contribution in [0.15, 0.2) is 48.1 Å². The van der Waals surface area contributed by atoms with Gasteiger partial charge >= 0.3 is 0 Å². The number of allylic oxidation sites excluding steroid dienone is 2. The average molecular weight is 384 g/mol. The number of nitrogens with one attached hydrogen (secondary N) is 1. The highest BCUT2D eigenvalue weighted by molar-refractivity contribution is 5.95. The van der Waals surface area contributed by atoms with E-state index in [1.807, 2.05) is 43.5 Å². The number of carbonyl (C=O) groups excluding carboxylic acids is 2. The molecule has 1 fully saturated rings. The summed E-state index contributed by atoms with van der Waals surface area (Å²) in [5.41, 5.74) is 2.89. The summed E-state index contributed by atoms with van der Waals surface area (Å²) in [5.74, 6) is 0.816. The zero-order chi connectivity index (χ0) is 20.1. The van der Waals surface area contributed by atoms with Gasteiger partial charge in [-0.15, -0.1) is 0 Å². The third-order valence-corrected chi connectivity index (χ3v) is 6.14. The quantitative estimate of drug-likeness (QED) is 0.429. The number of ether oxygens (including phenoxy) is 1. The molecule has 0 aromatic heterocycles. The number of hydrogen-bond acceptors (Lipinski definition) is 5. The van der Waals surface area contributed by atoms with Crippen LogP contribution in [-0.4, -0.2) is 38.1 Å².